The molecule has 1 N–H and O–H groups in total. The Bertz CT molecular complexity index is 1290. The summed E-state index contributed by atoms with van der Waals surface area (Å²) < 4.78 is 41.5. The van der Waals surface area contributed by atoms with Crippen molar-refractivity contribution < 1.29 is 22.4 Å². The Labute approximate surface area is 215 Å². The highest BCUT2D eigenvalue weighted by molar-refractivity contribution is 7.92. The maximum absolute atomic E-state index is 13.6. The standard InChI is InChI=1S/C26H27ClFN3O4S/c1-3-29-26(33)19(2)30(17-20-9-11-21(27)12-10-20)25(32)18-31(23-7-5-4-6-8-23)36(34,35)24-15-13-22(28)14-16-24/h4-16,19H,3,17-18H2,1-2H3,(H,29,33)/t19-/m0/s1. The van der Waals surface area contributed by atoms with Gasteiger partial charge in [0, 0.05) is 18.1 Å². The average Bonchev–Trinajstić information content (AvgIpc) is 2.87. The Morgan fingerprint density at radius 2 is 1.58 bits per heavy atom. The summed E-state index contributed by atoms with van der Waals surface area (Å²) in [5, 5.41) is 3.22. The van der Waals surface area contributed by atoms with E-state index < -0.39 is 34.3 Å². The Kier molecular flexibility index (Phi) is 9.06. The molecule has 190 valence electrons. The van der Waals surface area contributed by atoms with Gasteiger partial charge < -0.3 is 10.2 Å². The normalized spacial score (nSPS) is 12.0. The molecule has 0 spiro atoms. The third-order valence-electron chi connectivity index (χ3n) is 5.51. The predicted molar refractivity (Wildman–Crippen MR) is 138 cm³/mol. The van der Waals surface area contributed by atoms with Crippen molar-refractivity contribution in [3.63, 3.8) is 0 Å². The number of rotatable bonds is 10. The van der Waals surface area contributed by atoms with E-state index in [0.29, 0.717) is 11.6 Å². The zero-order valence-corrected chi connectivity index (χ0v) is 21.5. The highest BCUT2D eigenvalue weighted by Gasteiger charge is 2.32. The third-order valence-corrected chi connectivity index (χ3v) is 7.55. The number of likely N-dealkylation sites (N-methyl/N-ethyl adjacent to an activating group) is 1. The summed E-state index contributed by atoms with van der Waals surface area (Å²) in [4.78, 5) is 27.4. The summed E-state index contributed by atoms with van der Waals surface area (Å²) in [6.07, 6.45) is 0. The molecule has 0 fully saturated rings. The molecule has 0 bridgehead atoms. The number of sulfonamides is 1. The van der Waals surface area contributed by atoms with Crippen molar-refractivity contribution in [3.05, 3.63) is 95.3 Å². The molecule has 0 aliphatic rings. The number of amides is 2. The summed E-state index contributed by atoms with van der Waals surface area (Å²) in [5.74, 6) is -1.54. The second-order valence-electron chi connectivity index (χ2n) is 8.02. The van der Waals surface area contributed by atoms with Crippen LogP contribution in [0.25, 0.3) is 0 Å². The highest BCUT2D eigenvalue weighted by atomic mass is 35.5. The van der Waals surface area contributed by atoms with Crippen molar-refractivity contribution in [1.29, 1.82) is 0 Å². The monoisotopic (exact) mass is 531 g/mol. The van der Waals surface area contributed by atoms with Crippen LogP contribution in [-0.4, -0.2) is 44.3 Å². The van der Waals surface area contributed by atoms with E-state index in [0.717, 1.165) is 34.1 Å². The molecule has 36 heavy (non-hydrogen) atoms. The number of hydrogen-bond acceptors (Lipinski definition) is 4. The van der Waals surface area contributed by atoms with Gasteiger partial charge in [0.25, 0.3) is 10.0 Å². The van der Waals surface area contributed by atoms with Crippen LogP contribution in [0.4, 0.5) is 10.1 Å². The molecule has 2 amide bonds. The van der Waals surface area contributed by atoms with Gasteiger partial charge in [0.05, 0.1) is 10.6 Å². The van der Waals surface area contributed by atoms with Gasteiger partial charge in [-0.15, -0.1) is 0 Å². The van der Waals surface area contributed by atoms with Gasteiger partial charge in [0.1, 0.15) is 18.4 Å². The van der Waals surface area contributed by atoms with Gasteiger partial charge in [-0.2, -0.15) is 0 Å². The molecule has 1 atom stereocenters. The molecule has 0 aromatic heterocycles. The average molecular weight is 532 g/mol. The molecule has 3 aromatic carbocycles. The molecule has 10 heteroatoms. The lowest BCUT2D eigenvalue weighted by Gasteiger charge is -2.32. The first kappa shape index (κ1) is 27.2. The van der Waals surface area contributed by atoms with Crippen molar-refractivity contribution in [3.8, 4) is 0 Å². The van der Waals surface area contributed by atoms with Crippen LogP contribution in [0.1, 0.15) is 19.4 Å². The summed E-state index contributed by atoms with van der Waals surface area (Å²) >= 11 is 5.98. The number of benzene rings is 3. The van der Waals surface area contributed by atoms with E-state index in [-0.39, 0.29) is 23.0 Å². The van der Waals surface area contributed by atoms with Gasteiger partial charge in [-0.25, -0.2) is 12.8 Å². The van der Waals surface area contributed by atoms with Gasteiger partial charge >= 0.3 is 0 Å². The van der Waals surface area contributed by atoms with Crippen LogP contribution in [0.2, 0.25) is 5.02 Å². The van der Waals surface area contributed by atoms with Crippen molar-refractivity contribution >= 4 is 39.1 Å². The molecular weight excluding hydrogens is 505 g/mol. The fraction of sp³-hybridized carbons (Fsp3) is 0.231. The van der Waals surface area contributed by atoms with E-state index in [1.54, 1.807) is 68.4 Å². The minimum absolute atomic E-state index is 0.0630. The topological polar surface area (TPSA) is 86.8 Å². The van der Waals surface area contributed by atoms with Gasteiger partial charge in [0.2, 0.25) is 11.8 Å². The number of hydrogen-bond donors (Lipinski definition) is 1. The lowest BCUT2D eigenvalue weighted by atomic mass is 10.1. The largest absolute Gasteiger partial charge is 0.355 e. The number of halogens is 2. The number of para-hydroxylation sites is 1. The van der Waals surface area contributed by atoms with Gasteiger partial charge in [-0.1, -0.05) is 41.9 Å². The molecule has 0 saturated carbocycles. The van der Waals surface area contributed by atoms with Crippen molar-refractivity contribution in [2.45, 2.75) is 31.3 Å². The summed E-state index contributed by atoms with van der Waals surface area (Å²) in [5.41, 5.74) is 0.976. The quantitative estimate of drug-likeness (QED) is 0.424. The van der Waals surface area contributed by atoms with Crippen LogP contribution in [0.5, 0.6) is 0 Å². The zero-order valence-electron chi connectivity index (χ0n) is 19.9. The van der Waals surface area contributed by atoms with E-state index in [1.165, 1.54) is 4.90 Å². The van der Waals surface area contributed by atoms with Crippen LogP contribution in [-0.2, 0) is 26.2 Å². The lowest BCUT2D eigenvalue weighted by molar-refractivity contribution is -0.139. The van der Waals surface area contributed by atoms with Crippen molar-refractivity contribution in [1.82, 2.24) is 10.2 Å². The molecule has 0 aliphatic heterocycles. The van der Waals surface area contributed by atoms with Crippen LogP contribution in [0.15, 0.2) is 83.8 Å². The Hall–Kier alpha value is -3.43. The number of carbonyl (C=O) groups excluding carboxylic acids is 2. The summed E-state index contributed by atoms with van der Waals surface area (Å²) in [7, 11) is -4.23. The first-order chi connectivity index (χ1) is 17.1. The van der Waals surface area contributed by atoms with Gasteiger partial charge in [0.15, 0.2) is 0 Å². The molecule has 0 unspecified atom stereocenters. The maximum Gasteiger partial charge on any atom is 0.264 e. The highest BCUT2D eigenvalue weighted by Crippen LogP contribution is 2.24. The van der Waals surface area contributed by atoms with E-state index in [2.05, 4.69) is 5.32 Å². The second-order valence-corrected chi connectivity index (χ2v) is 10.3. The first-order valence-electron chi connectivity index (χ1n) is 11.3. The number of carbonyl (C=O) groups is 2. The molecule has 0 radical (unpaired) electrons. The molecule has 0 heterocycles. The predicted octanol–water partition coefficient (Wildman–Crippen LogP) is 4.23. The summed E-state index contributed by atoms with van der Waals surface area (Å²) in [6.45, 7) is 3.22. The van der Waals surface area contributed by atoms with Crippen LogP contribution in [0, 0.1) is 5.82 Å². The Morgan fingerprint density at radius 3 is 2.17 bits per heavy atom. The van der Waals surface area contributed by atoms with Crippen LogP contribution >= 0.6 is 11.6 Å². The lowest BCUT2D eigenvalue weighted by Crippen LogP contribution is -2.51. The Balaban J connectivity index is 1.99. The smallest absolute Gasteiger partial charge is 0.264 e. The molecule has 3 aromatic rings. The van der Waals surface area contributed by atoms with E-state index in [9.17, 15) is 22.4 Å². The Morgan fingerprint density at radius 1 is 0.972 bits per heavy atom. The van der Waals surface area contributed by atoms with E-state index in [1.807, 2.05) is 0 Å². The second kappa shape index (κ2) is 12.0. The molecule has 3 rings (SSSR count). The molecule has 0 saturated heterocycles. The van der Waals surface area contributed by atoms with E-state index in [4.69, 9.17) is 11.6 Å². The van der Waals surface area contributed by atoms with Crippen LogP contribution in [0.3, 0.4) is 0 Å². The SMILES string of the molecule is CCNC(=O)[C@H](C)N(Cc1ccc(Cl)cc1)C(=O)CN(c1ccccc1)S(=O)(=O)c1ccc(F)cc1. The van der Waals surface area contributed by atoms with Gasteiger partial charge in [-0.05, 0) is 67.9 Å². The maximum atomic E-state index is 13.6. The zero-order chi connectivity index (χ0) is 26.3. The fourth-order valence-corrected chi connectivity index (χ4v) is 5.09. The summed E-state index contributed by atoms with van der Waals surface area (Å²) in [6, 6.07) is 18.5. The number of anilines is 1. The first-order valence-corrected chi connectivity index (χ1v) is 13.1. The molecular formula is C26H27ClFN3O4S. The molecule has 7 nitrogen and oxygen atoms in total. The number of nitrogens with zero attached hydrogens (tertiary/aromatic N) is 2. The fourth-order valence-electron chi connectivity index (χ4n) is 3.55. The van der Waals surface area contributed by atoms with Gasteiger partial charge in [-0.3, -0.25) is 13.9 Å². The van der Waals surface area contributed by atoms with Crippen molar-refractivity contribution in [2.24, 2.45) is 0 Å². The van der Waals surface area contributed by atoms with E-state index >= 15 is 0 Å². The number of nitrogens with one attached hydrogen (secondary N) is 1. The third kappa shape index (κ3) is 6.61. The minimum atomic E-state index is -4.23. The minimum Gasteiger partial charge on any atom is -0.355 e. The van der Waals surface area contributed by atoms with Crippen molar-refractivity contribution in [2.75, 3.05) is 17.4 Å². The molecule has 0 aliphatic carbocycles. The van der Waals surface area contributed by atoms with Crippen LogP contribution < -0.4 is 9.62 Å².